The zero-order valence-corrected chi connectivity index (χ0v) is 10.5. The molecule has 0 amide bonds. The van der Waals surface area contributed by atoms with E-state index in [-0.39, 0.29) is 17.0 Å². The number of fused-ring (bicyclic) bond motifs is 1. The summed E-state index contributed by atoms with van der Waals surface area (Å²) in [6.07, 6.45) is 0. The Morgan fingerprint density at radius 1 is 1.43 bits per heavy atom. The van der Waals surface area contributed by atoms with Crippen LogP contribution in [-0.2, 0) is 0 Å². The maximum atomic E-state index is 4.42. The Morgan fingerprint density at radius 2 is 2.36 bits per heavy atom. The highest BCUT2D eigenvalue weighted by atomic mass is 79.9. The van der Waals surface area contributed by atoms with Gasteiger partial charge < -0.3 is 21.9 Å². The largest absolute Gasteiger partial charge is 1.00 e. The molecule has 0 atom stereocenters. The van der Waals surface area contributed by atoms with E-state index < -0.39 is 0 Å². The van der Waals surface area contributed by atoms with Crippen LogP contribution in [0.5, 0.6) is 0 Å². The molecule has 74 valence electrons. The molecule has 0 saturated heterocycles. The molecule has 0 aliphatic carbocycles. The van der Waals surface area contributed by atoms with Crippen LogP contribution in [0.4, 0.5) is 0 Å². The molecule has 0 spiro atoms. The Kier molecular flexibility index (Phi) is 2.99. The lowest BCUT2D eigenvalue weighted by molar-refractivity contribution is -0.00000243. The van der Waals surface area contributed by atoms with Crippen LogP contribution in [0.3, 0.4) is 0 Å². The van der Waals surface area contributed by atoms with Gasteiger partial charge in [-0.05, 0) is 11.4 Å². The van der Waals surface area contributed by atoms with E-state index in [4.69, 9.17) is 0 Å². The summed E-state index contributed by atoms with van der Waals surface area (Å²) in [5.41, 5.74) is 1.33. The lowest BCUT2D eigenvalue weighted by Gasteiger charge is -2.14. The maximum Gasteiger partial charge on any atom is 0.168 e. The van der Waals surface area contributed by atoms with Gasteiger partial charge in [-0.3, -0.25) is 4.99 Å². The molecule has 5 heteroatoms. The van der Waals surface area contributed by atoms with Crippen LogP contribution in [0.25, 0.3) is 5.70 Å². The second-order valence-electron chi connectivity index (χ2n) is 2.91. The normalized spacial score (nSPS) is 18.7. The molecule has 0 radical (unpaired) electrons. The summed E-state index contributed by atoms with van der Waals surface area (Å²) < 4.78 is 0. The van der Waals surface area contributed by atoms with E-state index in [1.165, 1.54) is 15.7 Å². The molecule has 2 aliphatic heterocycles. The topological polar surface area (TPSA) is 15.6 Å². The number of hydrogen-bond acceptors (Lipinski definition) is 4. The van der Waals surface area contributed by atoms with Gasteiger partial charge in [-0.1, -0.05) is 17.8 Å². The first-order valence-electron chi connectivity index (χ1n) is 4.18. The van der Waals surface area contributed by atoms with Gasteiger partial charge in [0.05, 0.1) is 17.1 Å². The van der Waals surface area contributed by atoms with Crippen LogP contribution in [0.2, 0.25) is 0 Å². The molecule has 3 heterocycles. The molecule has 2 aliphatic rings. The second-order valence-corrected chi connectivity index (χ2v) is 4.70. The van der Waals surface area contributed by atoms with E-state index in [1.54, 1.807) is 23.1 Å². The van der Waals surface area contributed by atoms with Crippen molar-refractivity contribution in [2.24, 2.45) is 4.99 Å². The number of halogens is 1. The van der Waals surface area contributed by atoms with Crippen molar-refractivity contribution in [1.29, 1.82) is 0 Å². The fraction of sp³-hybridized carbons (Fsp3) is 0.222. The van der Waals surface area contributed by atoms with Crippen molar-refractivity contribution in [3.05, 3.63) is 27.8 Å². The van der Waals surface area contributed by atoms with Crippen molar-refractivity contribution in [3.8, 4) is 0 Å². The zero-order chi connectivity index (χ0) is 8.67. The highest BCUT2D eigenvalue weighted by Gasteiger charge is 2.27. The van der Waals surface area contributed by atoms with E-state index in [0.717, 1.165) is 13.1 Å². The van der Waals surface area contributed by atoms with E-state index >= 15 is 0 Å². The Hall–Kier alpha value is -0.260. The summed E-state index contributed by atoms with van der Waals surface area (Å²) in [4.78, 5) is 8.06. The van der Waals surface area contributed by atoms with E-state index in [2.05, 4.69) is 32.8 Å². The second kappa shape index (κ2) is 4.08. The lowest BCUT2D eigenvalue weighted by atomic mass is 10.3. The Bertz CT molecular complexity index is 384. The monoisotopic (exact) mass is 287 g/mol. The number of amidine groups is 1. The van der Waals surface area contributed by atoms with Gasteiger partial charge in [0.15, 0.2) is 5.17 Å². The summed E-state index contributed by atoms with van der Waals surface area (Å²) in [5.74, 6) is 0. The van der Waals surface area contributed by atoms with Gasteiger partial charge in [-0.25, -0.2) is 0 Å². The third kappa shape index (κ3) is 1.53. The average molecular weight is 288 g/mol. The van der Waals surface area contributed by atoms with Crippen LogP contribution < -0.4 is 17.0 Å². The molecule has 1 aromatic rings. The van der Waals surface area contributed by atoms with Crippen LogP contribution in [0, 0.1) is 0 Å². The Morgan fingerprint density at radius 3 is 3.14 bits per heavy atom. The van der Waals surface area contributed by atoms with Crippen LogP contribution in [0.1, 0.15) is 4.88 Å². The Labute approximate surface area is 101 Å². The standard InChI is InChI=1S/C9H8N2S2.BrH/c1-2-8(12-5-1)7-6-13-9-10-3-4-11(7)9;/h1-2,5-6H,3-4H2;1H/p-1. The minimum Gasteiger partial charge on any atom is -1.00 e. The number of thiophene rings is 1. The highest BCUT2D eigenvalue weighted by molar-refractivity contribution is 8.16. The number of rotatable bonds is 1. The molecular weight excluding hydrogens is 280 g/mol. The number of hydrogen-bond donors (Lipinski definition) is 0. The van der Waals surface area contributed by atoms with Gasteiger partial charge in [0.1, 0.15) is 0 Å². The van der Waals surface area contributed by atoms with Crippen LogP contribution >= 0.6 is 23.1 Å². The summed E-state index contributed by atoms with van der Waals surface area (Å²) in [6.45, 7) is 2.00. The van der Waals surface area contributed by atoms with Crippen molar-refractivity contribution < 1.29 is 17.0 Å². The first-order valence-corrected chi connectivity index (χ1v) is 5.94. The molecule has 0 unspecified atom stereocenters. The summed E-state index contributed by atoms with van der Waals surface area (Å²) in [6, 6.07) is 4.26. The van der Waals surface area contributed by atoms with Crippen molar-refractivity contribution in [3.63, 3.8) is 0 Å². The summed E-state index contributed by atoms with van der Waals surface area (Å²) in [5, 5.41) is 5.49. The van der Waals surface area contributed by atoms with E-state index in [1.807, 2.05) is 0 Å². The molecule has 0 aromatic carbocycles. The molecule has 0 fully saturated rings. The quantitative estimate of drug-likeness (QED) is 0.690. The first kappa shape index (κ1) is 10.3. The highest BCUT2D eigenvalue weighted by Crippen LogP contribution is 2.36. The third-order valence-corrected chi connectivity index (χ3v) is 3.94. The molecule has 0 N–H and O–H groups in total. The fourth-order valence-electron chi connectivity index (χ4n) is 1.54. The van der Waals surface area contributed by atoms with Crippen LogP contribution in [0.15, 0.2) is 27.9 Å². The molecular formula is C9H8BrN2S2-. The van der Waals surface area contributed by atoms with Gasteiger partial charge in [-0.15, -0.1) is 11.3 Å². The Balaban J connectivity index is 0.000000750. The van der Waals surface area contributed by atoms with Gasteiger partial charge in [0.25, 0.3) is 0 Å². The van der Waals surface area contributed by atoms with Gasteiger partial charge in [0.2, 0.25) is 0 Å². The van der Waals surface area contributed by atoms with Gasteiger partial charge in [0, 0.05) is 12.0 Å². The molecule has 3 rings (SSSR count). The number of thioether (sulfide) groups is 1. The number of aliphatic imine (C=N–C) groups is 1. The van der Waals surface area contributed by atoms with Crippen LogP contribution in [-0.4, -0.2) is 23.2 Å². The van der Waals surface area contributed by atoms with Crippen molar-refractivity contribution >= 4 is 34.0 Å². The van der Waals surface area contributed by atoms with E-state index in [0.29, 0.717) is 0 Å². The van der Waals surface area contributed by atoms with Crippen molar-refractivity contribution in [2.45, 2.75) is 0 Å². The van der Waals surface area contributed by atoms with Crippen molar-refractivity contribution in [2.75, 3.05) is 13.1 Å². The minimum atomic E-state index is 0. The molecule has 14 heavy (non-hydrogen) atoms. The SMILES string of the molecule is C1=C(c2cccs2)N2CCN=C2S1.[Br-]. The zero-order valence-electron chi connectivity index (χ0n) is 7.31. The molecule has 0 saturated carbocycles. The molecule has 1 aromatic heterocycles. The fourth-order valence-corrected chi connectivity index (χ4v) is 3.32. The average Bonchev–Trinajstić information content (AvgIpc) is 2.79. The first-order chi connectivity index (χ1) is 6.45. The predicted molar refractivity (Wildman–Crippen MR) is 58.9 cm³/mol. The smallest absolute Gasteiger partial charge is 0.168 e. The predicted octanol–water partition coefficient (Wildman–Crippen LogP) is -0.531. The lowest BCUT2D eigenvalue weighted by Crippen LogP contribution is -3.00. The summed E-state index contributed by atoms with van der Waals surface area (Å²) >= 11 is 3.53. The minimum absolute atomic E-state index is 0. The molecule has 2 nitrogen and oxygen atoms in total. The van der Waals surface area contributed by atoms with Gasteiger partial charge >= 0.3 is 0 Å². The van der Waals surface area contributed by atoms with Crippen molar-refractivity contribution in [1.82, 2.24) is 4.90 Å². The maximum absolute atomic E-state index is 4.42. The molecule has 0 bridgehead atoms. The van der Waals surface area contributed by atoms with E-state index in [9.17, 15) is 0 Å². The third-order valence-electron chi connectivity index (χ3n) is 2.14. The summed E-state index contributed by atoms with van der Waals surface area (Å²) in [7, 11) is 0. The number of nitrogens with zero attached hydrogens (tertiary/aromatic N) is 2. The van der Waals surface area contributed by atoms with Gasteiger partial charge in [-0.2, -0.15) is 0 Å².